The Morgan fingerprint density at radius 1 is 1.34 bits per heavy atom. The molecule has 0 saturated heterocycles. The number of carbonyl (C=O) groups excluding carboxylic acids is 1. The molecule has 0 saturated carbocycles. The third-order valence-corrected chi connectivity index (χ3v) is 5.79. The zero-order chi connectivity index (χ0) is 21.2. The molecule has 5 heteroatoms. The lowest BCUT2D eigenvalue weighted by Gasteiger charge is -2.47. The van der Waals surface area contributed by atoms with Crippen molar-refractivity contribution in [3.63, 3.8) is 0 Å². The second-order valence-electron chi connectivity index (χ2n) is 8.36. The van der Waals surface area contributed by atoms with E-state index < -0.39 is 0 Å². The summed E-state index contributed by atoms with van der Waals surface area (Å²) in [7, 11) is 1.58. The van der Waals surface area contributed by atoms with E-state index in [4.69, 9.17) is 4.74 Å². The van der Waals surface area contributed by atoms with Crippen molar-refractivity contribution in [2.45, 2.75) is 52.5 Å². The van der Waals surface area contributed by atoms with Crippen molar-refractivity contribution in [3.8, 4) is 5.75 Å². The standard InChI is InChI=1S/C24H31N3O2/c1-7-27-22-11-16(2)19(13-21(22)17(3)14-24(27,4)5)15-25-26-23(28)18-9-8-10-20(12-18)29-6/h8-13,15,17H,7,14H2,1-6H3,(H,26,28)/b25-15-/t17-/m0/s1. The van der Waals surface area contributed by atoms with E-state index in [2.05, 4.69) is 62.2 Å². The Morgan fingerprint density at radius 2 is 2.10 bits per heavy atom. The average molecular weight is 394 g/mol. The molecule has 1 heterocycles. The smallest absolute Gasteiger partial charge is 0.271 e. The molecule has 2 aromatic rings. The molecule has 5 nitrogen and oxygen atoms in total. The van der Waals surface area contributed by atoms with Gasteiger partial charge in [0.2, 0.25) is 0 Å². The summed E-state index contributed by atoms with van der Waals surface area (Å²) in [6.07, 6.45) is 2.84. The molecule has 0 bridgehead atoms. The highest BCUT2D eigenvalue weighted by molar-refractivity contribution is 5.95. The van der Waals surface area contributed by atoms with Crippen molar-refractivity contribution in [1.82, 2.24) is 5.43 Å². The summed E-state index contributed by atoms with van der Waals surface area (Å²) in [6, 6.07) is 11.5. The van der Waals surface area contributed by atoms with Gasteiger partial charge in [0.1, 0.15) is 5.75 Å². The maximum absolute atomic E-state index is 12.3. The van der Waals surface area contributed by atoms with Crippen LogP contribution < -0.4 is 15.1 Å². The zero-order valence-corrected chi connectivity index (χ0v) is 18.2. The lowest BCUT2D eigenvalue weighted by Crippen LogP contribution is -2.48. The summed E-state index contributed by atoms with van der Waals surface area (Å²) < 4.78 is 5.17. The highest BCUT2D eigenvalue weighted by Gasteiger charge is 2.35. The average Bonchev–Trinajstić information content (AvgIpc) is 2.68. The molecule has 2 aromatic carbocycles. The van der Waals surface area contributed by atoms with Crippen LogP contribution in [0.1, 0.15) is 67.1 Å². The number of fused-ring (bicyclic) bond motifs is 1. The number of ether oxygens (including phenoxy) is 1. The number of hydrogen-bond acceptors (Lipinski definition) is 4. The molecule has 1 atom stereocenters. The molecule has 0 aliphatic carbocycles. The van der Waals surface area contributed by atoms with Gasteiger partial charge in [-0.1, -0.05) is 13.0 Å². The van der Waals surface area contributed by atoms with Gasteiger partial charge in [0.05, 0.1) is 13.3 Å². The van der Waals surface area contributed by atoms with Gasteiger partial charge in [0.15, 0.2) is 0 Å². The molecular weight excluding hydrogens is 362 g/mol. The molecular formula is C24H31N3O2. The van der Waals surface area contributed by atoms with Gasteiger partial charge < -0.3 is 9.64 Å². The molecule has 0 radical (unpaired) electrons. The minimum Gasteiger partial charge on any atom is -0.497 e. The summed E-state index contributed by atoms with van der Waals surface area (Å²) in [5, 5.41) is 4.20. The summed E-state index contributed by atoms with van der Waals surface area (Å²) in [5.41, 5.74) is 8.10. The molecule has 1 aliphatic rings. The highest BCUT2D eigenvalue weighted by Crippen LogP contribution is 2.43. The van der Waals surface area contributed by atoms with E-state index in [0.717, 1.165) is 24.1 Å². The SMILES string of the molecule is CCN1c2cc(C)c(/C=N\NC(=O)c3cccc(OC)c3)cc2[C@@H](C)CC1(C)C. The highest BCUT2D eigenvalue weighted by atomic mass is 16.5. The van der Waals surface area contributed by atoms with Crippen molar-refractivity contribution in [1.29, 1.82) is 0 Å². The first-order chi connectivity index (χ1) is 13.8. The third-order valence-electron chi connectivity index (χ3n) is 5.79. The van der Waals surface area contributed by atoms with E-state index in [1.807, 2.05) is 0 Å². The molecule has 0 aromatic heterocycles. The molecule has 1 aliphatic heterocycles. The topological polar surface area (TPSA) is 53.9 Å². The Bertz CT molecular complexity index is 934. The second-order valence-corrected chi connectivity index (χ2v) is 8.36. The lowest BCUT2D eigenvalue weighted by atomic mass is 9.79. The van der Waals surface area contributed by atoms with Crippen molar-refractivity contribution in [3.05, 3.63) is 58.7 Å². The van der Waals surface area contributed by atoms with Crippen molar-refractivity contribution >= 4 is 17.8 Å². The number of nitrogens with one attached hydrogen (secondary N) is 1. The van der Waals surface area contributed by atoms with Gasteiger partial charge in [0.25, 0.3) is 5.91 Å². The van der Waals surface area contributed by atoms with Crippen LogP contribution in [0.4, 0.5) is 5.69 Å². The Morgan fingerprint density at radius 3 is 2.79 bits per heavy atom. The van der Waals surface area contributed by atoms with Gasteiger partial charge in [-0.3, -0.25) is 4.79 Å². The van der Waals surface area contributed by atoms with E-state index in [1.54, 1.807) is 37.6 Å². The predicted molar refractivity (Wildman–Crippen MR) is 119 cm³/mol. The Balaban J connectivity index is 1.82. The van der Waals surface area contributed by atoms with E-state index >= 15 is 0 Å². The van der Waals surface area contributed by atoms with Crippen LogP contribution in [0.25, 0.3) is 0 Å². The first-order valence-corrected chi connectivity index (χ1v) is 10.2. The molecule has 1 N–H and O–H groups in total. The van der Waals surface area contributed by atoms with E-state index in [9.17, 15) is 4.79 Å². The number of rotatable bonds is 5. The van der Waals surface area contributed by atoms with Crippen LogP contribution >= 0.6 is 0 Å². The number of carbonyl (C=O) groups is 1. The summed E-state index contributed by atoms with van der Waals surface area (Å²) in [4.78, 5) is 14.8. The van der Waals surface area contributed by atoms with Crippen LogP contribution in [0.3, 0.4) is 0 Å². The Kier molecular flexibility index (Phi) is 5.96. The van der Waals surface area contributed by atoms with Crippen LogP contribution in [-0.4, -0.2) is 31.3 Å². The molecule has 1 amide bonds. The zero-order valence-electron chi connectivity index (χ0n) is 18.2. The van der Waals surface area contributed by atoms with E-state index in [1.165, 1.54) is 11.3 Å². The number of hydrogen-bond donors (Lipinski definition) is 1. The first kappa shape index (κ1) is 20.9. The van der Waals surface area contributed by atoms with Crippen LogP contribution in [-0.2, 0) is 0 Å². The summed E-state index contributed by atoms with van der Waals surface area (Å²) in [6.45, 7) is 12.2. The monoisotopic (exact) mass is 393 g/mol. The second kappa shape index (κ2) is 8.27. The Hall–Kier alpha value is -2.82. The Labute approximate surface area is 173 Å². The number of benzene rings is 2. The van der Waals surface area contributed by atoms with Gasteiger partial charge in [-0.2, -0.15) is 5.10 Å². The number of hydrazone groups is 1. The van der Waals surface area contributed by atoms with Gasteiger partial charge in [0, 0.05) is 23.3 Å². The number of nitrogens with zero attached hydrogens (tertiary/aromatic N) is 2. The molecule has 0 fully saturated rings. The van der Waals surface area contributed by atoms with E-state index in [-0.39, 0.29) is 11.4 Å². The third kappa shape index (κ3) is 4.29. The van der Waals surface area contributed by atoms with Gasteiger partial charge in [-0.25, -0.2) is 5.43 Å². The number of aryl methyl sites for hydroxylation is 1. The van der Waals surface area contributed by atoms with Crippen LogP contribution in [0.5, 0.6) is 5.75 Å². The molecule has 3 rings (SSSR count). The van der Waals surface area contributed by atoms with Crippen molar-refractivity contribution in [2.24, 2.45) is 5.10 Å². The fourth-order valence-corrected chi connectivity index (χ4v) is 4.38. The fraction of sp³-hybridized carbons (Fsp3) is 0.417. The maximum atomic E-state index is 12.3. The molecule has 29 heavy (non-hydrogen) atoms. The molecule has 0 spiro atoms. The largest absolute Gasteiger partial charge is 0.497 e. The van der Waals surface area contributed by atoms with Crippen LogP contribution in [0.15, 0.2) is 41.5 Å². The first-order valence-electron chi connectivity index (χ1n) is 10.2. The van der Waals surface area contributed by atoms with Crippen molar-refractivity contribution < 1.29 is 9.53 Å². The normalized spacial score (nSPS) is 17.9. The van der Waals surface area contributed by atoms with Crippen molar-refractivity contribution in [2.75, 3.05) is 18.6 Å². The summed E-state index contributed by atoms with van der Waals surface area (Å²) in [5.74, 6) is 0.856. The number of amides is 1. The lowest BCUT2D eigenvalue weighted by molar-refractivity contribution is 0.0955. The number of methoxy groups -OCH3 is 1. The predicted octanol–water partition coefficient (Wildman–Crippen LogP) is 4.88. The van der Waals surface area contributed by atoms with Gasteiger partial charge in [-0.15, -0.1) is 0 Å². The minimum absolute atomic E-state index is 0.147. The van der Waals surface area contributed by atoms with E-state index in [0.29, 0.717) is 17.2 Å². The summed E-state index contributed by atoms with van der Waals surface area (Å²) >= 11 is 0. The van der Waals surface area contributed by atoms with Crippen LogP contribution in [0, 0.1) is 6.92 Å². The van der Waals surface area contributed by atoms with Gasteiger partial charge >= 0.3 is 0 Å². The fourth-order valence-electron chi connectivity index (χ4n) is 4.38. The minimum atomic E-state index is -0.261. The molecule has 0 unspecified atom stereocenters. The van der Waals surface area contributed by atoms with Gasteiger partial charge in [-0.05, 0) is 87.1 Å². The van der Waals surface area contributed by atoms with Crippen LogP contribution in [0.2, 0.25) is 0 Å². The molecule has 154 valence electrons. The quantitative estimate of drug-likeness (QED) is 0.582. The number of anilines is 1. The maximum Gasteiger partial charge on any atom is 0.271 e.